The molecule has 44 heavy (non-hydrogen) atoms. The number of nitrogens with zero attached hydrogens (tertiary/aromatic N) is 3. The van der Waals surface area contributed by atoms with E-state index < -0.39 is 11.6 Å². The van der Waals surface area contributed by atoms with Crippen molar-refractivity contribution in [2.45, 2.75) is 64.5 Å². The van der Waals surface area contributed by atoms with Crippen LogP contribution in [0.5, 0.6) is 11.5 Å². The number of amides is 1. The molecular weight excluding hydrogens is 558 g/mol. The molecule has 2 aromatic carbocycles. The molecule has 9 heteroatoms. The van der Waals surface area contributed by atoms with E-state index in [1.807, 2.05) is 30.0 Å². The Morgan fingerprint density at radius 1 is 1.09 bits per heavy atom. The van der Waals surface area contributed by atoms with E-state index >= 15 is 0 Å². The molecule has 0 bridgehead atoms. The maximum atomic E-state index is 13.8. The second-order valence-corrected chi connectivity index (χ2v) is 12.3. The van der Waals surface area contributed by atoms with Gasteiger partial charge in [-0.3, -0.25) is 14.6 Å². The molecule has 226 valence electrons. The Balaban J connectivity index is 1.10. The number of likely N-dealkylation sites (tertiary alicyclic amines) is 1. The fourth-order valence-electron chi connectivity index (χ4n) is 6.75. The van der Waals surface area contributed by atoms with Gasteiger partial charge >= 0.3 is 5.97 Å². The summed E-state index contributed by atoms with van der Waals surface area (Å²) in [6.07, 6.45) is 7.42. The number of ketones is 1. The van der Waals surface area contributed by atoms with E-state index in [4.69, 9.17) is 9.47 Å². The van der Waals surface area contributed by atoms with Crippen molar-refractivity contribution in [3.05, 3.63) is 76.7 Å². The summed E-state index contributed by atoms with van der Waals surface area (Å²) in [5.74, 6) is 0.167. The quantitative estimate of drug-likeness (QED) is 0.276. The largest absolute Gasteiger partial charge is 0.493 e. The number of pyridine rings is 1. The minimum atomic E-state index is -1.04. The summed E-state index contributed by atoms with van der Waals surface area (Å²) in [4.78, 5) is 44.9. The molecule has 1 amide bonds. The van der Waals surface area contributed by atoms with Crippen LogP contribution in [0.3, 0.4) is 0 Å². The second-order valence-electron chi connectivity index (χ2n) is 12.3. The van der Waals surface area contributed by atoms with Crippen LogP contribution in [0.4, 0.5) is 0 Å². The van der Waals surface area contributed by atoms with E-state index in [2.05, 4.69) is 22.7 Å². The summed E-state index contributed by atoms with van der Waals surface area (Å²) in [6.45, 7) is 7.19. The number of benzene rings is 2. The average Bonchev–Trinajstić information content (AvgIpc) is 3.80. The third kappa shape index (κ3) is 4.80. The molecule has 1 aliphatic carbocycles. The fraction of sp³-hybridized carbons (Fsp3) is 0.371. The van der Waals surface area contributed by atoms with Gasteiger partial charge in [0.1, 0.15) is 17.1 Å². The Hall–Kier alpha value is -4.66. The van der Waals surface area contributed by atoms with Gasteiger partial charge in [-0.25, -0.2) is 4.79 Å². The van der Waals surface area contributed by atoms with Gasteiger partial charge in [0.15, 0.2) is 5.78 Å². The topological polar surface area (TPSA) is 111 Å². The zero-order valence-corrected chi connectivity index (χ0v) is 25.2. The normalized spacial score (nSPS) is 17.4. The molecule has 0 atom stereocenters. The van der Waals surface area contributed by atoms with Gasteiger partial charge in [-0.15, -0.1) is 0 Å². The van der Waals surface area contributed by atoms with Crippen LogP contribution < -0.4 is 9.47 Å². The van der Waals surface area contributed by atoms with Gasteiger partial charge in [-0.1, -0.05) is 6.07 Å². The summed E-state index contributed by atoms with van der Waals surface area (Å²) in [5.41, 5.74) is 4.53. The Kier molecular flexibility index (Phi) is 6.72. The van der Waals surface area contributed by atoms with Gasteiger partial charge in [-0.2, -0.15) is 0 Å². The van der Waals surface area contributed by atoms with E-state index in [-0.39, 0.29) is 23.7 Å². The zero-order valence-electron chi connectivity index (χ0n) is 25.2. The lowest BCUT2D eigenvalue weighted by Crippen LogP contribution is -2.52. The molecule has 2 fully saturated rings. The van der Waals surface area contributed by atoms with Crippen LogP contribution in [0.2, 0.25) is 0 Å². The Bertz CT molecular complexity index is 1840. The number of aromatic carboxylic acids is 1. The monoisotopic (exact) mass is 593 g/mol. The van der Waals surface area contributed by atoms with Gasteiger partial charge < -0.3 is 24.0 Å². The van der Waals surface area contributed by atoms with Crippen molar-refractivity contribution in [1.29, 1.82) is 0 Å². The predicted octanol–water partition coefficient (Wildman–Crippen LogP) is 6.39. The molecule has 2 aliphatic heterocycles. The van der Waals surface area contributed by atoms with E-state index in [1.165, 1.54) is 0 Å². The van der Waals surface area contributed by atoms with Crippen LogP contribution in [0, 0.1) is 13.8 Å². The Morgan fingerprint density at radius 2 is 1.86 bits per heavy atom. The number of Topliss-reactive ketones (excluding diaryl/α,β-unsaturated/α-hetero) is 1. The summed E-state index contributed by atoms with van der Waals surface area (Å²) in [7, 11) is 0. The minimum absolute atomic E-state index is 0.0191. The zero-order chi connectivity index (χ0) is 30.7. The third-order valence-corrected chi connectivity index (χ3v) is 9.28. The minimum Gasteiger partial charge on any atom is -0.493 e. The molecule has 1 N–H and O–H groups in total. The highest BCUT2D eigenvalue weighted by molar-refractivity contribution is 6.03. The van der Waals surface area contributed by atoms with Gasteiger partial charge in [-0.05, 0) is 75.1 Å². The smallest absolute Gasteiger partial charge is 0.337 e. The predicted molar refractivity (Wildman–Crippen MR) is 165 cm³/mol. The highest BCUT2D eigenvalue weighted by Crippen LogP contribution is 2.43. The van der Waals surface area contributed by atoms with Crippen LogP contribution >= 0.6 is 0 Å². The number of carbonyl (C=O) groups is 3. The molecule has 4 aromatic rings. The Morgan fingerprint density at radius 3 is 2.57 bits per heavy atom. The molecule has 0 radical (unpaired) electrons. The molecule has 4 heterocycles. The number of carboxylic acid groups (broad SMARTS) is 1. The van der Waals surface area contributed by atoms with Crippen LogP contribution in [-0.2, 0) is 0 Å². The van der Waals surface area contributed by atoms with Gasteiger partial charge in [0.2, 0.25) is 0 Å². The highest BCUT2D eigenvalue weighted by Gasteiger charge is 2.44. The average molecular weight is 594 g/mol. The van der Waals surface area contributed by atoms with E-state index in [9.17, 15) is 19.5 Å². The lowest BCUT2D eigenvalue weighted by atomic mass is 9.82. The number of aromatic nitrogens is 2. The first-order valence-corrected chi connectivity index (χ1v) is 15.3. The number of rotatable bonds is 6. The summed E-state index contributed by atoms with van der Waals surface area (Å²) in [5, 5.41) is 10.6. The van der Waals surface area contributed by atoms with Gasteiger partial charge in [0, 0.05) is 60.9 Å². The van der Waals surface area contributed by atoms with Crippen molar-refractivity contribution in [2.24, 2.45) is 0 Å². The third-order valence-electron chi connectivity index (χ3n) is 9.28. The lowest BCUT2D eigenvalue weighted by Gasteiger charge is -2.44. The molecule has 7 rings (SSSR count). The Labute approximate surface area is 255 Å². The number of piperidine rings is 1. The summed E-state index contributed by atoms with van der Waals surface area (Å²) >= 11 is 0. The highest BCUT2D eigenvalue weighted by atomic mass is 16.5. The number of hydrogen-bond donors (Lipinski definition) is 1. The first-order chi connectivity index (χ1) is 21.2. The van der Waals surface area contributed by atoms with Crippen molar-refractivity contribution < 1.29 is 29.0 Å². The molecule has 1 saturated heterocycles. The number of carboxylic acids is 1. The van der Waals surface area contributed by atoms with Crippen molar-refractivity contribution in [3.63, 3.8) is 0 Å². The van der Waals surface area contributed by atoms with Crippen LogP contribution in [-0.4, -0.2) is 62.5 Å². The van der Waals surface area contributed by atoms with Crippen molar-refractivity contribution >= 4 is 28.6 Å². The number of fused-ring (bicyclic) bond motifs is 2. The second kappa shape index (κ2) is 10.5. The van der Waals surface area contributed by atoms with Crippen LogP contribution in [0.15, 0.2) is 48.8 Å². The van der Waals surface area contributed by atoms with Crippen molar-refractivity contribution in [2.75, 3.05) is 19.7 Å². The van der Waals surface area contributed by atoms with E-state index in [0.717, 1.165) is 35.1 Å². The van der Waals surface area contributed by atoms with Crippen molar-refractivity contribution in [3.8, 4) is 22.6 Å². The van der Waals surface area contributed by atoms with Gasteiger partial charge in [0.25, 0.3) is 5.91 Å². The standard InChI is InChI=1S/C35H35N3O6/c1-4-43-31-16-23(15-28-32(31)20(2)19-38(28)25-6-7-25)33(40)37-11-9-35(10-12-37)17-29(39)27-13-22(5-8-30(27)44-35)24-14-26(34(41)42)21(3)36-18-24/h5,8,13-16,18-19,25H,4,6-7,9-12,17H2,1-3H3,(H,41,42). The molecule has 1 saturated carbocycles. The number of ether oxygens (including phenoxy) is 2. The molecule has 3 aliphatic rings. The maximum Gasteiger partial charge on any atom is 0.337 e. The van der Waals surface area contributed by atoms with Crippen molar-refractivity contribution in [1.82, 2.24) is 14.5 Å². The maximum absolute atomic E-state index is 13.8. The molecule has 2 aromatic heterocycles. The summed E-state index contributed by atoms with van der Waals surface area (Å²) in [6, 6.07) is 11.3. The first-order valence-electron chi connectivity index (χ1n) is 15.3. The number of hydrogen-bond acceptors (Lipinski definition) is 6. The first kappa shape index (κ1) is 28.1. The number of aryl methyl sites for hydroxylation is 2. The SMILES string of the molecule is CCOc1cc(C(=O)N2CCC3(CC2)CC(=O)c2cc(-c4cnc(C)c(C(=O)O)c4)ccc2O3)cc2c1c(C)cn2C1CC1. The summed E-state index contributed by atoms with van der Waals surface area (Å²) < 4.78 is 14.8. The van der Waals surface area contributed by atoms with E-state index in [0.29, 0.717) is 72.3 Å². The van der Waals surface area contributed by atoms with Crippen LogP contribution in [0.1, 0.15) is 87.4 Å². The van der Waals surface area contributed by atoms with Gasteiger partial charge in [0.05, 0.1) is 35.4 Å². The molecule has 9 nitrogen and oxygen atoms in total. The lowest BCUT2D eigenvalue weighted by molar-refractivity contribution is -0.00572. The fourth-order valence-corrected chi connectivity index (χ4v) is 6.75. The number of carbonyl (C=O) groups excluding carboxylic acids is 2. The van der Waals surface area contributed by atoms with Crippen LogP contribution in [0.25, 0.3) is 22.0 Å². The molecule has 1 spiro atoms. The molecular formula is C35H35N3O6. The molecule has 0 unspecified atom stereocenters. The van der Waals surface area contributed by atoms with E-state index in [1.54, 1.807) is 31.3 Å².